The minimum absolute atomic E-state index is 0.0316. The fourth-order valence-electron chi connectivity index (χ4n) is 3.14. The lowest BCUT2D eigenvalue weighted by Crippen LogP contribution is -2.30. The van der Waals surface area contributed by atoms with Crippen molar-refractivity contribution in [2.24, 2.45) is 0 Å². The van der Waals surface area contributed by atoms with E-state index in [1.54, 1.807) is 53.4 Å². The van der Waals surface area contributed by atoms with Gasteiger partial charge >= 0.3 is 0 Å². The van der Waals surface area contributed by atoms with E-state index in [1.807, 2.05) is 20.8 Å². The predicted octanol–water partition coefficient (Wildman–Crippen LogP) is 4.07. The number of nitrogens with one attached hydrogen (secondary N) is 1. The Morgan fingerprint density at radius 3 is 2.26 bits per heavy atom. The van der Waals surface area contributed by atoms with E-state index in [0.717, 1.165) is 5.56 Å². The van der Waals surface area contributed by atoms with Crippen LogP contribution in [0.15, 0.2) is 48.5 Å². The number of nitrogens with zero attached hydrogens (tertiary/aromatic N) is 5. The Labute approximate surface area is 186 Å². The highest BCUT2D eigenvalue weighted by atomic mass is 35.5. The van der Waals surface area contributed by atoms with Crippen molar-refractivity contribution in [2.75, 3.05) is 18.4 Å². The first kappa shape index (κ1) is 22.4. The van der Waals surface area contributed by atoms with E-state index in [1.165, 1.54) is 4.80 Å². The van der Waals surface area contributed by atoms with Crippen molar-refractivity contribution >= 4 is 29.1 Å². The van der Waals surface area contributed by atoms with Crippen molar-refractivity contribution in [3.63, 3.8) is 0 Å². The topological polar surface area (TPSA) is 93.0 Å². The summed E-state index contributed by atoms with van der Waals surface area (Å²) in [4.78, 5) is 28.3. The molecule has 31 heavy (non-hydrogen) atoms. The summed E-state index contributed by atoms with van der Waals surface area (Å²) in [5, 5.41) is 15.9. The molecule has 2 aromatic carbocycles. The van der Waals surface area contributed by atoms with Gasteiger partial charge in [-0.3, -0.25) is 9.59 Å². The maximum absolute atomic E-state index is 12.8. The second kappa shape index (κ2) is 10.2. The summed E-state index contributed by atoms with van der Waals surface area (Å²) >= 11 is 5.92. The predicted molar refractivity (Wildman–Crippen MR) is 120 cm³/mol. The molecule has 0 radical (unpaired) electrons. The van der Waals surface area contributed by atoms with Crippen molar-refractivity contribution in [1.82, 2.24) is 25.1 Å². The molecule has 1 aromatic heterocycles. The SMILES string of the molecule is CCC(C(=O)Nc1ccc(C(=O)N(CC)CC)cc1)n1nnc(-c2ccc(Cl)cc2)n1. The third-order valence-corrected chi connectivity index (χ3v) is 5.20. The lowest BCUT2D eigenvalue weighted by atomic mass is 10.1. The Bertz CT molecular complexity index is 1030. The summed E-state index contributed by atoms with van der Waals surface area (Å²) in [6, 6.07) is 13.3. The molecule has 1 unspecified atom stereocenters. The molecule has 1 N–H and O–H groups in total. The van der Waals surface area contributed by atoms with Crippen molar-refractivity contribution in [3.8, 4) is 11.4 Å². The van der Waals surface area contributed by atoms with Crippen LogP contribution in [0.5, 0.6) is 0 Å². The molecule has 0 saturated carbocycles. The quantitative estimate of drug-likeness (QED) is 0.570. The van der Waals surface area contributed by atoms with Crippen LogP contribution in [-0.4, -0.2) is 50.0 Å². The van der Waals surface area contributed by atoms with E-state index in [9.17, 15) is 9.59 Å². The number of halogens is 1. The zero-order chi connectivity index (χ0) is 22.4. The van der Waals surface area contributed by atoms with E-state index in [0.29, 0.717) is 41.6 Å². The standard InChI is InChI=1S/C22H25ClN6O2/c1-4-19(29-26-20(25-27-29)15-7-11-17(23)12-8-15)21(30)24-18-13-9-16(10-14-18)22(31)28(5-2)6-3/h7-14,19H,4-6H2,1-3H3,(H,24,30). The number of benzene rings is 2. The number of anilines is 1. The van der Waals surface area contributed by atoms with Gasteiger partial charge in [-0.15, -0.1) is 10.2 Å². The third-order valence-electron chi connectivity index (χ3n) is 4.95. The van der Waals surface area contributed by atoms with Crippen molar-refractivity contribution in [1.29, 1.82) is 0 Å². The second-order valence-corrected chi connectivity index (χ2v) is 7.34. The molecule has 0 spiro atoms. The van der Waals surface area contributed by atoms with Gasteiger partial charge in [-0.05, 0) is 74.0 Å². The number of carbonyl (C=O) groups is 2. The van der Waals surface area contributed by atoms with Crippen LogP contribution in [0.25, 0.3) is 11.4 Å². The first-order valence-electron chi connectivity index (χ1n) is 10.2. The number of hydrogen-bond acceptors (Lipinski definition) is 5. The van der Waals surface area contributed by atoms with Crippen LogP contribution < -0.4 is 5.32 Å². The summed E-state index contributed by atoms with van der Waals surface area (Å²) in [6.45, 7) is 7.06. The highest BCUT2D eigenvalue weighted by Gasteiger charge is 2.22. The molecule has 0 saturated heterocycles. The molecule has 3 rings (SSSR count). The smallest absolute Gasteiger partial charge is 0.253 e. The number of rotatable bonds is 8. The first-order valence-corrected chi connectivity index (χ1v) is 10.6. The molecular weight excluding hydrogens is 416 g/mol. The summed E-state index contributed by atoms with van der Waals surface area (Å²) in [5.74, 6) is 0.128. The summed E-state index contributed by atoms with van der Waals surface area (Å²) in [7, 11) is 0. The average molecular weight is 441 g/mol. The lowest BCUT2D eigenvalue weighted by molar-refractivity contribution is -0.120. The van der Waals surface area contributed by atoms with E-state index in [4.69, 9.17) is 11.6 Å². The number of aromatic nitrogens is 4. The molecule has 9 heteroatoms. The van der Waals surface area contributed by atoms with Gasteiger partial charge in [0, 0.05) is 34.9 Å². The van der Waals surface area contributed by atoms with Gasteiger partial charge in [0.05, 0.1) is 0 Å². The Morgan fingerprint density at radius 2 is 1.68 bits per heavy atom. The van der Waals surface area contributed by atoms with Gasteiger partial charge < -0.3 is 10.2 Å². The fourth-order valence-corrected chi connectivity index (χ4v) is 3.27. The first-order chi connectivity index (χ1) is 15.0. The van der Waals surface area contributed by atoms with Crippen molar-refractivity contribution in [2.45, 2.75) is 33.2 Å². The van der Waals surface area contributed by atoms with Gasteiger partial charge in [0.25, 0.3) is 11.8 Å². The zero-order valence-electron chi connectivity index (χ0n) is 17.7. The molecule has 0 aliphatic carbocycles. The second-order valence-electron chi connectivity index (χ2n) is 6.91. The number of carbonyl (C=O) groups excluding carboxylic acids is 2. The largest absolute Gasteiger partial charge is 0.339 e. The lowest BCUT2D eigenvalue weighted by Gasteiger charge is -2.19. The van der Waals surface area contributed by atoms with Crippen molar-refractivity contribution < 1.29 is 9.59 Å². The van der Waals surface area contributed by atoms with Crippen LogP contribution in [0.2, 0.25) is 5.02 Å². The van der Waals surface area contributed by atoms with Gasteiger partial charge in [-0.2, -0.15) is 4.80 Å². The van der Waals surface area contributed by atoms with Gasteiger partial charge in [-0.1, -0.05) is 18.5 Å². The highest BCUT2D eigenvalue weighted by molar-refractivity contribution is 6.30. The molecule has 162 valence electrons. The van der Waals surface area contributed by atoms with Crippen molar-refractivity contribution in [3.05, 3.63) is 59.1 Å². The Morgan fingerprint density at radius 1 is 1.03 bits per heavy atom. The summed E-state index contributed by atoms with van der Waals surface area (Å²) < 4.78 is 0. The molecule has 0 aliphatic rings. The van der Waals surface area contributed by atoms with Crippen LogP contribution in [-0.2, 0) is 4.79 Å². The van der Waals surface area contributed by atoms with Gasteiger partial charge in [0.1, 0.15) is 0 Å². The molecule has 1 heterocycles. The molecular formula is C22H25ClN6O2. The molecule has 0 aliphatic heterocycles. The molecule has 1 atom stereocenters. The van der Waals surface area contributed by atoms with Crippen LogP contribution >= 0.6 is 11.6 Å². The van der Waals surface area contributed by atoms with Gasteiger partial charge in [0.2, 0.25) is 5.82 Å². The third kappa shape index (κ3) is 5.27. The molecule has 2 amide bonds. The maximum Gasteiger partial charge on any atom is 0.253 e. The maximum atomic E-state index is 12.8. The molecule has 3 aromatic rings. The van der Waals surface area contributed by atoms with Gasteiger partial charge in [0.15, 0.2) is 6.04 Å². The fraction of sp³-hybridized carbons (Fsp3) is 0.318. The zero-order valence-corrected chi connectivity index (χ0v) is 18.5. The van der Waals surface area contributed by atoms with Crippen LogP contribution in [0.1, 0.15) is 43.6 Å². The van der Waals surface area contributed by atoms with Crippen LogP contribution in [0.4, 0.5) is 5.69 Å². The normalized spacial score (nSPS) is 11.7. The number of hydrogen-bond donors (Lipinski definition) is 1. The number of amides is 2. The number of tetrazole rings is 1. The monoisotopic (exact) mass is 440 g/mol. The van der Waals surface area contributed by atoms with Gasteiger partial charge in [-0.25, -0.2) is 0 Å². The molecule has 8 nitrogen and oxygen atoms in total. The van der Waals surface area contributed by atoms with E-state index < -0.39 is 6.04 Å². The van der Waals surface area contributed by atoms with E-state index >= 15 is 0 Å². The summed E-state index contributed by atoms with van der Waals surface area (Å²) in [6.07, 6.45) is 0.487. The van der Waals surface area contributed by atoms with Crippen LogP contribution in [0, 0.1) is 0 Å². The minimum atomic E-state index is -0.620. The van der Waals surface area contributed by atoms with E-state index in [-0.39, 0.29) is 11.8 Å². The highest BCUT2D eigenvalue weighted by Crippen LogP contribution is 2.20. The average Bonchev–Trinajstić information content (AvgIpc) is 3.26. The summed E-state index contributed by atoms with van der Waals surface area (Å²) in [5.41, 5.74) is 1.94. The Balaban J connectivity index is 1.70. The Hall–Kier alpha value is -3.26. The van der Waals surface area contributed by atoms with E-state index in [2.05, 4.69) is 20.7 Å². The Kier molecular flexibility index (Phi) is 7.36. The molecule has 0 bridgehead atoms. The minimum Gasteiger partial charge on any atom is -0.339 e. The molecule has 0 fully saturated rings. The van der Waals surface area contributed by atoms with Crippen LogP contribution in [0.3, 0.4) is 0 Å².